The molecule has 136 valence electrons. The minimum atomic E-state index is 0.214. The number of anilines is 1. The maximum atomic E-state index is 6.51. The van der Waals surface area contributed by atoms with Gasteiger partial charge in [0, 0.05) is 28.3 Å². The minimum Gasteiger partial charge on any atom is -0.383 e. The second-order valence-corrected chi connectivity index (χ2v) is 6.87. The van der Waals surface area contributed by atoms with Gasteiger partial charge in [-0.05, 0) is 43.8 Å². The van der Waals surface area contributed by atoms with Crippen LogP contribution >= 0.6 is 11.6 Å². The molecule has 3 rings (SSSR count). The first kappa shape index (κ1) is 18.7. The van der Waals surface area contributed by atoms with Crippen LogP contribution in [0.15, 0.2) is 54.6 Å². The van der Waals surface area contributed by atoms with E-state index < -0.39 is 0 Å². The van der Waals surface area contributed by atoms with Crippen molar-refractivity contribution in [3.05, 3.63) is 70.9 Å². The number of rotatable bonds is 7. The molecule has 3 aromatic rings. The Balaban J connectivity index is 1.93. The van der Waals surface area contributed by atoms with E-state index in [0.29, 0.717) is 0 Å². The number of benzene rings is 2. The molecule has 1 aromatic heterocycles. The zero-order valence-electron chi connectivity index (χ0n) is 15.7. The fraction of sp³-hybridized carbons (Fsp3) is 0.318. The first-order valence-electron chi connectivity index (χ1n) is 9.22. The molecule has 0 saturated heterocycles. The van der Waals surface area contributed by atoms with Crippen molar-refractivity contribution in [2.45, 2.75) is 26.8 Å². The number of hydrogen-bond donors (Lipinski definition) is 1. The predicted molar refractivity (Wildman–Crippen MR) is 112 cm³/mol. The minimum absolute atomic E-state index is 0.214. The Morgan fingerprint density at radius 2 is 1.73 bits per heavy atom. The number of nitrogens with zero attached hydrogens (tertiary/aromatic N) is 2. The zero-order valence-corrected chi connectivity index (χ0v) is 16.4. The molecular formula is C22H26ClN3. The Morgan fingerprint density at radius 3 is 2.46 bits per heavy atom. The van der Waals surface area contributed by atoms with Gasteiger partial charge in [0.25, 0.3) is 0 Å². The molecule has 0 spiro atoms. The summed E-state index contributed by atoms with van der Waals surface area (Å²) in [7, 11) is 0. The molecule has 0 aliphatic rings. The number of pyridine rings is 1. The average molecular weight is 368 g/mol. The van der Waals surface area contributed by atoms with Crippen LogP contribution in [-0.2, 0) is 0 Å². The largest absolute Gasteiger partial charge is 0.383 e. The molecule has 0 bridgehead atoms. The van der Waals surface area contributed by atoms with Gasteiger partial charge in [-0.25, -0.2) is 0 Å². The van der Waals surface area contributed by atoms with Crippen LogP contribution in [0.1, 0.15) is 31.1 Å². The van der Waals surface area contributed by atoms with Crippen molar-refractivity contribution in [2.24, 2.45) is 0 Å². The van der Waals surface area contributed by atoms with Gasteiger partial charge in [-0.1, -0.05) is 61.8 Å². The number of fused-ring (bicyclic) bond motifs is 1. The molecule has 0 amide bonds. The van der Waals surface area contributed by atoms with Crippen LogP contribution in [0.2, 0.25) is 5.02 Å². The van der Waals surface area contributed by atoms with Crippen LogP contribution in [-0.4, -0.2) is 29.5 Å². The SMILES string of the molecule is CCN(CC)[C@@H](CNc1cc(C)nc2ccccc12)c1ccccc1Cl. The van der Waals surface area contributed by atoms with Crippen LogP contribution < -0.4 is 5.32 Å². The Hall–Kier alpha value is -2.10. The quantitative estimate of drug-likeness (QED) is 0.581. The van der Waals surface area contributed by atoms with Gasteiger partial charge in [-0.15, -0.1) is 0 Å². The smallest absolute Gasteiger partial charge is 0.0725 e. The van der Waals surface area contributed by atoms with Gasteiger partial charge < -0.3 is 5.32 Å². The average Bonchev–Trinajstić information content (AvgIpc) is 2.65. The summed E-state index contributed by atoms with van der Waals surface area (Å²) in [5, 5.41) is 5.63. The third kappa shape index (κ3) is 4.00. The van der Waals surface area contributed by atoms with E-state index in [1.165, 1.54) is 5.56 Å². The molecule has 0 radical (unpaired) electrons. The van der Waals surface area contributed by atoms with Gasteiger partial charge >= 0.3 is 0 Å². The van der Waals surface area contributed by atoms with Gasteiger partial charge in [0.05, 0.1) is 11.6 Å². The van der Waals surface area contributed by atoms with Gasteiger partial charge in [0.1, 0.15) is 0 Å². The topological polar surface area (TPSA) is 28.2 Å². The van der Waals surface area contributed by atoms with E-state index in [1.54, 1.807) is 0 Å². The Kier molecular flexibility index (Phi) is 6.12. The van der Waals surface area contributed by atoms with Crippen LogP contribution in [0.5, 0.6) is 0 Å². The molecule has 0 saturated carbocycles. The summed E-state index contributed by atoms with van der Waals surface area (Å²) in [4.78, 5) is 7.07. The molecule has 2 aromatic carbocycles. The van der Waals surface area contributed by atoms with Crippen LogP contribution in [0.4, 0.5) is 5.69 Å². The molecular weight excluding hydrogens is 342 g/mol. The van der Waals surface area contributed by atoms with E-state index >= 15 is 0 Å². The molecule has 1 atom stereocenters. The number of hydrogen-bond acceptors (Lipinski definition) is 3. The number of likely N-dealkylation sites (N-methyl/N-ethyl adjacent to an activating group) is 1. The summed E-state index contributed by atoms with van der Waals surface area (Å²) >= 11 is 6.51. The van der Waals surface area contributed by atoms with Crippen molar-refractivity contribution in [3.8, 4) is 0 Å². The maximum absolute atomic E-state index is 6.51. The molecule has 0 aliphatic heterocycles. The highest BCUT2D eigenvalue weighted by atomic mass is 35.5. The van der Waals surface area contributed by atoms with Crippen molar-refractivity contribution in [1.82, 2.24) is 9.88 Å². The van der Waals surface area contributed by atoms with Gasteiger partial charge in [0.15, 0.2) is 0 Å². The number of nitrogens with one attached hydrogen (secondary N) is 1. The molecule has 0 aliphatic carbocycles. The summed E-state index contributed by atoms with van der Waals surface area (Å²) < 4.78 is 0. The first-order valence-corrected chi connectivity index (χ1v) is 9.60. The fourth-order valence-corrected chi connectivity index (χ4v) is 3.77. The summed E-state index contributed by atoms with van der Waals surface area (Å²) in [6, 6.07) is 18.7. The number of aryl methyl sites for hydroxylation is 1. The Bertz CT molecular complexity index is 874. The third-order valence-corrected chi connectivity index (χ3v) is 5.19. The van der Waals surface area contributed by atoms with Crippen molar-refractivity contribution in [1.29, 1.82) is 0 Å². The summed E-state index contributed by atoms with van der Waals surface area (Å²) in [5.41, 5.74) is 4.33. The lowest BCUT2D eigenvalue weighted by atomic mass is 10.0. The fourth-order valence-electron chi connectivity index (χ4n) is 3.51. The maximum Gasteiger partial charge on any atom is 0.0725 e. The lowest BCUT2D eigenvalue weighted by Crippen LogP contribution is -2.33. The van der Waals surface area contributed by atoms with Crippen LogP contribution in [0, 0.1) is 6.92 Å². The molecule has 3 nitrogen and oxygen atoms in total. The summed E-state index contributed by atoms with van der Waals surface area (Å²) in [5.74, 6) is 0. The lowest BCUT2D eigenvalue weighted by Gasteiger charge is -2.31. The summed E-state index contributed by atoms with van der Waals surface area (Å²) in [6.45, 7) is 9.17. The summed E-state index contributed by atoms with van der Waals surface area (Å²) in [6.07, 6.45) is 0. The molecule has 1 N–H and O–H groups in total. The molecule has 0 fully saturated rings. The first-order chi connectivity index (χ1) is 12.6. The monoisotopic (exact) mass is 367 g/mol. The molecule has 26 heavy (non-hydrogen) atoms. The lowest BCUT2D eigenvalue weighted by molar-refractivity contribution is 0.228. The standard InChI is InChI=1S/C22H26ClN3/c1-4-26(5-2)22(17-10-6-8-12-19(17)23)15-24-21-14-16(3)25-20-13-9-7-11-18(20)21/h6-14,22H,4-5,15H2,1-3H3,(H,24,25)/t22-/m0/s1. The van der Waals surface area contributed by atoms with Gasteiger partial charge in [0.2, 0.25) is 0 Å². The van der Waals surface area contributed by atoms with E-state index in [1.807, 2.05) is 25.1 Å². The van der Waals surface area contributed by atoms with Crippen molar-refractivity contribution < 1.29 is 0 Å². The highest BCUT2D eigenvalue weighted by Crippen LogP contribution is 2.29. The second-order valence-electron chi connectivity index (χ2n) is 6.47. The zero-order chi connectivity index (χ0) is 18.5. The van der Waals surface area contributed by atoms with Crippen molar-refractivity contribution in [3.63, 3.8) is 0 Å². The van der Waals surface area contributed by atoms with Gasteiger partial charge in [-0.2, -0.15) is 0 Å². The van der Waals surface area contributed by atoms with E-state index in [4.69, 9.17) is 11.6 Å². The number of para-hydroxylation sites is 1. The van der Waals surface area contributed by atoms with Crippen LogP contribution in [0.25, 0.3) is 10.9 Å². The van der Waals surface area contributed by atoms with E-state index in [9.17, 15) is 0 Å². The predicted octanol–water partition coefficient (Wildman–Crippen LogP) is 5.69. The highest BCUT2D eigenvalue weighted by molar-refractivity contribution is 6.31. The van der Waals surface area contributed by atoms with Crippen LogP contribution in [0.3, 0.4) is 0 Å². The normalized spacial score (nSPS) is 12.5. The molecule has 1 heterocycles. The second kappa shape index (κ2) is 8.52. The van der Waals surface area contributed by atoms with Crippen molar-refractivity contribution in [2.75, 3.05) is 25.0 Å². The number of halogens is 1. The van der Waals surface area contributed by atoms with E-state index in [0.717, 1.165) is 46.9 Å². The Labute approximate surface area is 161 Å². The third-order valence-electron chi connectivity index (χ3n) is 4.85. The molecule has 0 unspecified atom stereocenters. The highest BCUT2D eigenvalue weighted by Gasteiger charge is 2.20. The van der Waals surface area contributed by atoms with E-state index in [2.05, 4.69) is 65.4 Å². The molecule has 4 heteroatoms. The Morgan fingerprint density at radius 1 is 1.04 bits per heavy atom. The number of aromatic nitrogens is 1. The van der Waals surface area contributed by atoms with Crippen molar-refractivity contribution >= 4 is 28.2 Å². The van der Waals surface area contributed by atoms with Gasteiger partial charge in [-0.3, -0.25) is 9.88 Å². The van der Waals surface area contributed by atoms with E-state index in [-0.39, 0.29) is 6.04 Å².